The first-order valence-electron chi connectivity index (χ1n) is 4.90. The molecule has 5 nitrogen and oxygen atoms in total. The molecule has 0 radical (unpaired) electrons. The molecule has 1 aromatic rings. The summed E-state index contributed by atoms with van der Waals surface area (Å²) >= 11 is 0. The van der Waals surface area contributed by atoms with E-state index in [4.69, 9.17) is 10.5 Å². The highest BCUT2D eigenvalue weighted by atomic mass is 16.5. The highest BCUT2D eigenvalue weighted by Gasteiger charge is 2.26. The lowest BCUT2D eigenvalue weighted by molar-refractivity contribution is -0.120. The van der Waals surface area contributed by atoms with Gasteiger partial charge in [0.15, 0.2) is 12.0 Å². The highest BCUT2D eigenvalue weighted by Crippen LogP contribution is 2.26. The first kappa shape index (κ1) is 10.5. The summed E-state index contributed by atoms with van der Waals surface area (Å²) in [6.07, 6.45) is 0. The number of aryl methyl sites for hydroxylation is 1. The van der Waals surface area contributed by atoms with Gasteiger partial charge in [0.25, 0.3) is 5.91 Å². The van der Waals surface area contributed by atoms with Gasteiger partial charge in [-0.2, -0.15) is 0 Å². The third kappa shape index (κ3) is 1.71. The topological polar surface area (TPSA) is 76.7 Å². The lowest BCUT2D eigenvalue weighted by Gasteiger charge is -2.09. The zero-order chi connectivity index (χ0) is 11.7. The van der Waals surface area contributed by atoms with Crippen molar-refractivity contribution in [2.45, 2.75) is 13.0 Å². The largest absolute Gasteiger partial charge is 0.496 e. The molecule has 5 heteroatoms. The van der Waals surface area contributed by atoms with Gasteiger partial charge in [0.05, 0.1) is 7.11 Å². The molecule has 1 aliphatic heterocycles. The third-order valence-corrected chi connectivity index (χ3v) is 2.50. The van der Waals surface area contributed by atoms with Crippen molar-refractivity contribution in [3.05, 3.63) is 29.3 Å². The van der Waals surface area contributed by atoms with Crippen molar-refractivity contribution in [1.29, 1.82) is 0 Å². The van der Waals surface area contributed by atoms with Gasteiger partial charge in [-0.25, -0.2) is 4.99 Å². The van der Waals surface area contributed by atoms with Gasteiger partial charge in [0.1, 0.15) is 5.75 Å². The van der Waals surface area contributed by atoms with E-state index in [1.165, 1.54) is 0 Å². The molecule has 1 heterocycles. The molecule has 0 saturated carbocycles. The molecular weight excluding hydrogens is 206 g/mol. The molecule has 1 atom stereocenters. The van der Waals surface area contributed by atoms with Crippen LogP contribution in [-0.2, 0) is 4.79 Å². The summed E-state index contributed by atoms with van der Waals surface area (Å²) in [6.45, 7) is 1.92. The fourth-order valence-electron chi connectivity index (χ4n) is 1.72. The predicted octanol–water partition coefficient (Wildman–Crippen LogP) is 0.489. The molecule has 0 spiro atoms. The summed E-state index contributed by atoms with van der Waals surface area (Å²) in [6, 6.07) is 4.98. The molecule has 1 amide bonds. The van der Waals surface area contributed by atoms with Gasteiger partial charge in [-0.3, -0.25) is 10.1 Å². The number of aliphatic imine (C=N–C) groups is 1. The minimum Gasteiger partial charge on any atom is -0.496 e. The van der Waals surface area contributed by atoms with Crippen LogP contribution in [0.2, 0.25) is 0 Å². The maximum absolute atomic E-state index is 11.5. The number of guanidine groups is 1. The van der Waals surface area contributed by atoms with E-state index >= 15 is 0 Å². The smallest absolute Gasteiger partial charge is 0.256 e. The quantitative estimate of drug-likeness (QED) is 0.760. The Balaban J connectivity index is 2.35. The molecular formula is C11H13N3O2. The minimum absolute atomic E-state index is 0.170. The SMILES string of the molecule is COc1ccc(C2N=C(N)NC2=O)cc1C. The predicted molar refractivity (Wildman–Crippen MR) is 60.2 cm³/mol. The molecule has 0 saturated heterocycles. The first-order valence-corrected chi connectivity index (χ1v) is 4.90. The number of ether oxygens (including phenoxy) is 1. The zero-order valence-electron chi connectivity index (χ0n) is 9.15. The van der Waals surface area contributed by atoms with E-state index in [2.05, 4.69) is 10.3 Å². The van der Waals surface area contributed by atoms with E-state index in [0.29, 0.717) is 0 Å². The Morgan fingerprint density at radius 3 is 2.75 bits per heavy atom. The van der Waals surface area contributed by atoms with E-state index in [9.17, 15) is 4.79 Å². The standard InChI is InChI=1S/C11H13N3O2/c1-6-5-7(3-4-8(6)16-2)9-10(15)14-11(12)13-9/h3-5,9H,1-2H3,(H3,12,13,14,15). The van der Waals surface area contributed by atoms with Crippen molar-refractivity contribution in [2.75, 3.05) is 7.11 Å². The van der Waals surface area contributed by atoms with Crippen molar-refractivity contribution >= 4 is 11.9 Å². The second-order valence-electron chi connectivity index (χ2n) is 3.64. The van der Waals surface area contributed by atoms with Crippen LogP contribution in [0.4, 0.5) is 0 Å². The van der Waals surface area contributed by atoms with Gasteiger partial charge in [-0.15, -0.1) is 0 Å². The van der Waals surface area contributed by atoms with Crippen LogP contribution in [0.15, 0.2) is 23.2 Å². The molecule has 1 unspecified atom stereocenters. The molecule has 84 valence electrons. The van der Waals surface area contributed by atoms with Crippen molar-refractivity contribution in [3.8, 4) is 5.75 Å². The Bertz CT molecular complexity index is 468. The molecule has 16 heavy (non-hydrogen) atoms. The van der Waals surface area contributed by atoms with E-state index in [1.54, 1.807) is 7.11 Å². The second-order valence-corrected chi connectivity index (χ2v) is 3.64. The number of rotatable bonds is 2. The molecule has 0 aromatic heterocycles. The number of carbonyl (C=O) groups is 1. The average molecular weight is 219 g/mol. The van der Waals surface area contributed by atoms with Crippen LogP contribution in [0, 0.1) is 6.92 Å². The Hall–Kier alpha value is -2.04. The summed E-state index contributed by atoms with van der Waals surface area (Å²) in [5.74, 6) is 0.768. The number of carbonyl (C=O) groups excluding carboxylic acids is 1. The van der Waals surface area contributed by atoms with Crippen LogP contribution in [-0.4, -0.2) is 19.0 Å². The fourth-order valence-corrected chi connectivity index (χ4v) is 1.72. The number of hydrogen-bond acceptors (Lipinski definition) is 4. The number of nitrogens with one attached hydrogen (secondary N) is 1. The maximum Gasteiger partial charge on any atom is 0.256 e. The van der Waals surface area contributed by atoms with Crippen LogP contribution in [0.5, 0.6) is 5.75 Å². The summed E-state index contributed by atoms with van der Waals surface area (Å²) in [5, 5.41) is 2.47. The van der Waals surface area contributed by atoms with E-state index in [-0.39, 0.29) is 11.9 Å². The summed E-state index contributed by atoms with van der Waals surface area (Å²) < 4.78 is 5.15. The monoisotopic (exact) mass is 219 g/mol. The molecule has 1 aliphatic rings. The number of nitrogens with zero attached hydrogens (tertiary/aromatic N) is 1. The minimum atomic E-state index is -0.537. The van der Waals surface area contributed by atoms with Crippen LogP contribution in [0.1, 0.15) is 17.2 Å². The molecule has 3 N–H and O–H groups in total. The van der Waals surface area contributed by atoms with Gasteiger partial charge < -0.3 is 10.5 Å². The van der Waals surface area contributed by atoms with Crippen LogP contribution >= 0.6 is 0 Å². The van der Waals surface area contributed by atoms with Gasteiger partial charge in [-0.05, 0) is 30.2 Å². The normalized spacial score (nSPS) is 19.2. The first-order chi connectivity index (χ1) is 7.61. The van der Waals surface area contributed by atoms with E-state index in [0.717, 1.165) is 16.9 Å². The Morgan fingerprint density at radius 2 is 2.25 bits per heavy atom. The van der Waals surface area contributed by atoms with Gasteiger partial charge in [0, 0.05) is 0 Å². The fraction of sp³-hybridized carbons (Fsp3) is 0.273. The second kappa shape index (κ2) is 3.84. The number of benzene rings is 1. The van der Waals surface area contributed by atoms with Crippen molar-refractivity contribution in [1.82, 2.24) is 5.32 Å². The Labute approximate surface area is 93.3 Å². The number of methoxy groups -OCH3 is 1. The van der Waals surface area contributed by atoms with Crippen molar-refractivity contribution in [3.63, 3.8) is 0 Å². The molecule has 0 aliphatic carbocycles. The highest BCUT2D eigenvalue weighted by molar-refractivity contribution is 6.04. The maximum atomic E-state index is 11.5. The summed E-state index contributed by atoms with van der Waals surface area (Å²) in [5.41, 5.74) is 7.22. The Morgan fingerprint density at radius 1 is 1.50 bits per heavy atom. The van der Waals surface area contributed by atoms with E-state index in [1.807, 2.05) is 25.1 Å². The molecule has 2 rings (SSSR count). The summed E-state index contributed by atoms with van der Waals surface area (Å²) in [7, 11) is 1.61. The van der Waals surface area contributed by atoms with Crippen LogP contribution in [0.3, 0.4) is 0 Å². The lowest BCUT2D eigenvalue weighted by Crippen LogP contribution is -2.31. The van der Waals surface area contributed by atoms with Crippen molar-refractivity contribution < 1.29 is 9.53 Å². The van der Waals surface area contributed by atoms with E-state index < -0.39 is 6.04 Å². The number of amides is 1. The number of hydrogen-bond donors (Lipinski definition) is 2. The van der Waals surface area contributed by atoms with Gasteiger partial charge >= 0.3 is 0 Å². The van der Waals surface area contributed by atoms with Gasteiger partial charge in [-0.1, -0.05) is 6.07 Å². The van der Waals surface area contributed by atoms with Crippen molar-refractivity contribution in [2.24, 2.45) is 10.7 Å². The average Bonchev–Trinajstić information content (AvgIpc) is 2.58. The molecule has 1 aromatic carbocycles. The Kier molecular flexibility index (Phi) is 2.52. The van der Waals surface area contributed by atoms with Gasteiger partial charge in [0.2, 0.25) is 0 Å². The molecule has 0 bridgehead atoms. The zero-order valence-corrected chi connectivity index (χ0v) is 9.15. The van der Waals surface area contributed by atoms with Crippen LogP contribution < -0.4 is 15.8 Å². The lowest BCUT2D eigenvalue weighted by atomic mass is 10.0. The van der Waals surface area contributed by atoms with Crippen LogP contribution in [0.25, 0.3) is 0 Å². The molecule has 0 fully saturated rings. The third-order valence-electron chi connectivity index (χ3n) is 2.50. The number of nitrogens with two attached hydrogens (primary N) is 1. The summed E-state index contributed by atoms with van der Waals surface area (Å²) in [4.78, 5) is 15.5.